The molecule has 0 atom stereocenters. The number of aryl methyl sites for hydroxylation is 1. The van der Waals surface area contributed by atoms with Gasteiger partial charge >= 0.3 is 5.97 Å². The standard InChI is InChI=1S/C17H23N3O4/c1-12-13(17(23)24)7-8-14(19-12)16(22)18-9-5-11-20-10-4-2-3-6-15(20)21/h7-8H,2-6,9-11H2,1H3,(H,18,22)(H,23,24). The molecule has 0 spiro atoms. The smallest absolute Gasteiger partial charge is 0.337 e. The third-order valence-electron chi connectivity index (χ3n) is 4.11. The van der Waals surface area contributed by atoms with Crippen molar-refractivity contribution in [2.45, 2.75) is 39.0 Å². The average molecular weight is 333 g/mol. The van der Waals surface area contributed by atoms with Crippen LogP contribution in [0.15, 0.2) is 12.1 Å². The van der Waals surface area contributed by atoms with Gasteiger partial charge in [-0.2, -0.15) is 0 Å². The Morgan fingerprint density at radius 3 is 2.79 bits per heavy atom. The molecule has 24 heavy (non-hydrogen) atoms. The fourth-order valence-electron chi connectivity index (χ4n) is 2.75. The Bertz CT molecular complexity index is 630. The predicted molar refractivity (Wildman–Crippen MR) is 87.9 cm³/mol. The van der Waals surface area contributed by atoms with E-state index in [1.165, 1.54) is 12.1 Å². The Kier molecular flexibility index (Phi) is 6.28. The van der Waals surface area contributed by atoms with Gasteiger partial charge in [0.25, 0.3) is 5.91 Å². The van der Waals surface area contributed by atoms with Crippen LogP contribution in [0, 0.1) is 6.92 Å². The molecule has 7 nitrogen and oxygen atoms in total. The zero-order chi connectivity index (χ0) is 17.5. The van der Waals surface area contributed by atoms with E-state index < -0.39 is 5.97 Å². The number of carbonyl (C=O) groups is 3. The van der Waals surface area contributed by atoms with Crippen molar-refractivity contribution in [3.05, 3.63) is 29.1 Å². The summed E-state index contributed by atoms with van der Waals surface area (Å²) < 4.78 is 0. The number of carboxylic acids is 1. The lowest BCUT2D eigenvalue weighted by Gasteiger charge is -2.20. The fourth-order valence-corrected chi connectivity index (χ4v) is 2.75. The van der Waals surface area contributed by atoms with Gasteiger partial charge in [-0.25, -0.2) is 9.78 Å². The van der Waals surface area contributed by atoms with Crippen molar-refractivity contribution < 1.29 is 19.5 Å². The van der Waals surface area contributed by atoms with Crippen LogP contribution in [0.3, 0.4) is 0 Å². The maximum Gasteiger partial charge on any atom is 0.337 e. The Balaban J connectivity index is 1.80. The molecular weight excluding hydrogens is 310 g/mol. The van der Waals surface area contributed by atoms with E-state index in [1.54, 1.807) is 6.92 Å². The molecule has 0 radical (unpaired) electrons. The summed E-state index contributed by atoms with van der Waals surface area (Å²) in [7, 11) is 0. The first-order chi connectivity index (χ1) is 11.5. The third kappa shape index (κ3) is 4.78. The van der Waals surface area contributed by atoms with Crippen LogP contribution in [0.4, 0.5) is 0 Å². The molecule has 0 bridgehead atoms. The minimum absolute atomic E-state index is 0.0891. The molecule has 1 aliphatic heterocycles. The van der Waals surface area contributed by atoms with Crippen LogP contribution in [-0.2, 0) is 4.79 Å². The number of aromatic carboxylic acids is 1. The van der Waals surface area contributed by atoms with E-state index in [4.69, 9.17) is 5.11 Å². The van der Waals surface area contributed by atoms with E-state index in [9.17, 15) is 14.4 Å². The van der Waals surface area contributed by atoms with Crippen LogP contribution in [0.1, 0.15) is 58.6 Å². The van der Waals surface area contributed by atoms with Crippen LogP contribution in [0.2, 0.25) is 0 Å². The topological polar surface area (TPSA) is 99.6 Å². The molecule has 2 heterocycles. The first-order valence-corrected chi connectivity index (χ1v) is 8.26. The monoisotopic (exact) mass is 333 g/mol. The molecule has 0 aromatic carbocycles. The number of aromatic nitrogens is 1. The van der Waals surface area contributed by atoms with Gasteiger partial charge in [0.2, 0.25) is 5.91 Å². The molecule has 1 aromatic rings. The number of likely N-dealkylation sites (tertiary alicyclic amines) is 1. The van der Waals surface area contributed by atoms with Gasteiger partial charge < -0.3 is 15.3 Å². The predicted octanol–water partition coefficient (Wildman–Crippen LogP) is 1.61. The largest absolute Gasteiger partial charge is 0.478 e. The first kappa shape index (κ1) is 17.9. The summed E-state index contributed by atoms with van der Waals surface area (Å²) in [5.41, 5.74) is 0.597. The van der Waals surface area contributed by atoms with Crippen LogP contribution in [0.25, 0.3) is 0 Å². The zero-order valence-electron chi connectivity index (χ0n) is 13.9. The van der Waals surface area contributed by atoms with Gasteiger partial charge in [0, 0.05) is 26.1 Å². The van der Waals surface area contributed by atoms with Crippen molar-refractivity contribution in [1.82, 2.24) is 15.2 Å². The van der Waals surface area contributed by atoms with Gasteiger partial charge in [-0.15, -0.1) is 0 Å². The molecule has 2 amide bonds. The van der Waals surface area contributed by atoms with Crippen molar-refractivity contribution in [2.75, 3.05) is 19.6 Å². The Labute approximate surface area is 141 Å². The zero-order valence-corrected chi connectivity index (χ0v) is 13.9. The van der Waals surface area contributed by atoms with Crippen molar-refractivity contribution in [2.24, 2.45) is 0 Å². The first-order valence-electron chi connectivity index (χ1n) is 8.26. The quantitative estimate of drug-likeness (QED) is 0.771. The van der Waals surface area contributed by atoms with E-state index in [2.05, 4.69) is 10.3 Å². The lowest BCUT2D eigenvalue weighted by atomic mass is 10.2. The number of carboxylic acid groups (broad SMARTS) is 1. The highest BCUT2D eigenvalue weighted by Crippen LogP contribution is 2.11. The van der Waals surface area contributed by atoms with E-state index in [0.29, 0.717) is 31.6 Å². The number of nitrogens with zero attached hydrogens (tertiary/aromatic N) is 2. The molecule has 0 saturated carbocycles. The number of nitrogens with one attached hydrogen (secondary N) is 1. The fraction of sp³-hybridized carbons (Fsp3) is 0.529. The minimum atomic E-state index is -1.06. The Morgan fingerprint density at radius 1 is 1.29 bits per heavy atom. The molecule has 7 heteroatoms. The van der Waals surface area contributed by atoms with Crippen LogP contribution in [0.5, 0.6) is 0 Å². The SMILES string of the molecule is Cc1nc(C(=O)NCCCN2CCCCCC2=O)ccc1C(=O)O. The summed E-state index contributed by atoms with van der Waals surface area (Å²) in [6, 6.07) is 2.79. The van der Waals surface area contributed by atoms with Crippen molar-refractivity contribution in [3.8, 4) is 0 Å². The van der Waals surface area contributed by atoms with E-state index in [-0.39, 0.29) is 23.1 Å². The number of pyridine rings is 1. The second-order valence-corrected chi connectivity index (χ2v) is 5.94. The molecule has 0 unspecified atom stereocenters. The average Bonchev–Trinajstić information content (AvgIpc) is 2.75. The molecule has 1 aromatic heterocycles. The highest BCUT2D eigenvalue weighted by molar-refractivity contribution is 5.94. The molecule has 1 fully saturated rings. The molecular formula is C17H23N3O4. The van der Waals surface area contributed by atoms with Gasteiger partial charge in [-0.05, 0) is 38.3 Å². The number of carbonyl (C=O) groups excluding carboxylic acids is 2. The highest BCUT2D eigenvalue weighted by Gasteiger charge is 2.16. The Hall–Kier alpha value is -2.44. The second kappa shape index (κ2) is 8.42. The summed E-state index contributed by atoms with van der Waals surface area (Å²) in [5.74, 6) is -1.20. The molecule has 130 valence electrons. The molecule has 2 N–H and O–H groups in total. The summed E-state index contributed by atoms with van der Waals surface area (Å²) in [5, 5.41) is 11.7. The number of amides is 2. The molecule has 1 saturated heterocycles. The van der Waals surface area contributed by atoms with E-state index in [0.717, 1.165) is 25.8 Å². The summed E-state index contributed by atoms with van der Waals surface area (Å²) in [6.07, 6.45) is 4.39. The van der Waals surface area contributed by atoms with E-state index in [1.807, 2.05) is 4.90 Å². The van der Waals surface area contributed by atoms with Gasteiger partial charge in [0.05, 0.1) is 11.3 Å². The molecule has 1 aliphatic rings. The van der Waals surface area contributed by atoms with Crippen LogP contribution >= 0.6 is 0 Å². The lowest BCUT2D eigenvalue weighted by molar-refractivity contribution is -0.130. The molecule has 2 rings (SSSR count). The Morgan fingerprint density at radius 2 is 2.08 bits per heavy atom. The second-order valence-electron chi connectivity index (χ2n) is 5.94. The summed E-state index contributed by atoms with van der Waals surface area (Å²) >= 11 is 0. The van der Waals surface area contributed by atoms with Gasteiger partial charge in [-0.1, -0.05) is 6.42 Å². The highest BCUT2D eigenvalue weighted by atomic mass is 16.4. The van der Waals surface area contributed by atoms with Gasteiger partial charge in [-0.3, -0.25) is 9.59 Å². The van der Waals surface area contributed by atoms with Gasteiger partial charge in [0.1, 0.15) is 5.69 Å². The summed E-state index contributed by atoms with van der Waals surface area (Å²) in [6.45, 7) is 3.45. The van der Waals surface area contributed by atoms with Crippen molar-refractivity contribution in [1.29, 1.82) is 0 Å². The summed E-state index contributed by atoms with van der Waals surface area (Å²) in [4.78, 5) is 40.8. The molecule has 0 aliphatic carbocycles. The number of hydrogen-bond acceptors (Lipinski definition) is 4. The third-order valence-corrected chi connectivity index (χ3v) is 4.11. The maximum atomic E-state index is 12.0. The maximum absolute atomic E-state index is 12.0. The minimum Gasteiger partial charge on any atom is -0.478 e. The van der Waals surface area contributed by atoms with Gasteiger partial charge in [0.15, 0.2) is 0 Å². The number of rotatable bonds is 6. The van der Waals surface area contributed by atoms with Crippen molar-refractivity contribution >= 4 is 17.8 Å². The van der Waals surface area contributed by atoms with E-state index >= 15 is 0 Å². The lowest BCUT2D eigenvalue weighted by Crippen LogP contribution is -2.34. The normalized spacial score (nSPS) is 15.0. The van der Waals surface area contributed by atoms with Crippen molar-refractivity contribution in [3.63, 3.8) is 0 Å². The number of hydrogen-bond donors (Lipinski definition) is 2. The van der Waals surface area contributed by atoms with Crippen LogP contribution < -0.4 is 5.32 Å². The van der Waals surface area contributed by atoms with Crippen LogP contribution in [-0.4, -0.2) is 52.4 Å².